The van der Waals surface area contributed by atoms with E-state index in [1.54, 1.807) is 10.5 Å². The van der Waals surface area contributed by atoms with Gasteiger partial charge in [-0.1, -0.05) is 0 Å². The third kappa shape index (κ3) is 6.66. The number of hydrogen-bond acceptors (Lipinski definition) is 0. The quantitative estimate of drug-likeness (QED) is 0.579. The van der Waals surface area contributed by atoms with Gasteiger partial charge >= 0.3 is 70.1 Å². The fourth-order valence-corrected chi connectivity index (χ4v) is 6.49. The van der Waals surface area contributed by atoms with Crippen LogP contribution >= 0.6 is 0 Å². The minimum atomic E-state index is -0.661. The monoisotopic (exact) mass is 204 g/mol. The Balaban J connectivity index is 3.00. The molecule has 0 spiro atoms. The SMILES string of the molecule is CCC[CH2][GeH]([CH3])[CH2]CCC. The van der Waals surface area contributed by atoms with Gasteiger partial charge in [0.25, 0.3) is 0 Å². The zero-order valence-corrected chi connectivity index (χ0v) is 10.2. The fraction of sp³-hybridized carbons (Fsp3) is 1.00. The summed E-state index contributed by atoms with van der Waals surface area (Å²) in [5.41, 5.74) is 0. The molecule has 0 amide bonds. The van der Waals surface area contributed by atoms with Gasteiger partial charge in [-0.3, -0.25) is 0 Å². The summed E-state index contributed by atoms with van der Waals surface area (Å²) in [6.07, 6.45) is 5.82. The van der Waals surface area contributed by atoms with Gasteiger partial charge in [-0.25, -0.2) is 0 Å². The molecular weight excluding hydrogens is 181 g/mol. The van der Waals surface area contributed by atoms with E-state index in [1.165, 1.54) is 25.7 Å². The van der Waals surface area contributed by atoms with Crippen LogP contribution in [0, 0.1) is 0 Å². The summed E-state index contributed by atoms with van der Waals surface area (Å²) in [5, 5.41) is 3.26. The molecule has 0 saturated carbocycles. The van der Waals surface area contributed by atoms with Crippen molar-refractivity contribution in [1.82, 2.24) is 0 Å². The van der Waals surface area contributed by atoms with Crippen molar-refractivity contribution >= 4 is 14.3 Å². The predicted molar refractivity (Wildman–Crippen MR) is 52.4 cm³/mol. The normalized spacial score (nSPS) is 10.8. The molecular formula is C9H22Ge. The van der Waals surface area contributed by atoms with Crippen molar-refractivity contribution in [2.75, 3.05) is 0 Å². The van der Waals surface area contributed by atoms with E-state index < -0.39 is 14.3 Å². The Bertz CT molecular complexity index is 53.7. The Kier molecular flexibility index (Phi) is 8.06. The molecule has 0 aromatic rings. The third-order valence-corrected chi connectivity index (χ3v) is 7.95. The van der Waals surface area contributed by atoms with E-state index in [-0.39, 0.29) is 0 Å². The summed E-state index contributed by atoms with van der Waals surface area (Å²) in [7, 11) is 0. The van der Waals surface area contributed by atoms with Crippen molar-refractivity contribution in [3.63, 3.8) is 0 Å². The van der Waals surface area contributed by atoms with Crippen LogP contribution in [0.2, 0.25) is 16.3 Å². The first-order chi connectivity index (χ1) is 4.81. The van der Waals surface area contributed by atoms with Gasteiger partial charge in [-0.2, -0.15) is 0 Å². The van der Waals surface area contributed by atoms with Crippen molar-refractivity contribution in [2.24, 2.45) is 0 Å². The van der Waals surface area contributed by atoms with E-state index in [2.05, 4.69) is 19.6 Å². The van der Waals surface area contributed by atoms with Gasteiger partial charge in [0, 0.05) is 0 Å². The predicted octanol–water partition coefficient (Wildman–Crippen LogP) is 3.44. The molecule has 10 heavy (non-hydrogen) atoms. The van der Waals surface area contributed by atoms with Crippen LogP contribution in [0.3, 0.4) is 0 Å². The van der Waals surface area contributed by atoms with Crippen LogP contribution in [0.5, 0.6) is 0 Å². The van der Waals surface area contributed by atoms with Crippen LogP contribution < -0.4 is 0 Å². The van der Waals surface area contributed by atoms with Gasteiger partial charge in [0.05, 0.1) is 0 Å². The van der Waals surface area contributed by atoms with Crippen molar-refractivity contribution in [1.29, 1.82) is 0 Å². The molecule has 0 aliphatic heterocycles. The van der Waals surface area contributed by atoms with E-state index in [4.69, 9.17) is 0 Å². The maximum atomic E-state index is 2.57. The maximum absolute atomic E-state index is 2.57. The van der Waals surface area contributed by atoms with Crippen LogP contribution in [0.25, 0.3) is 0 Å². The van der Waals surface area contributed by atoms with Crippen LogP contribution in [0.4, 0.5) is 0 Å². The Morgan fingerprint density at radius 3 is 1.60 bits per heavy atom. The molecule has 0 rings (SSSR count). The summed E-state index contributed by atoms with van der Waals surface area (Å²) in [6, 6.07) is 0. The Morgan fingerprint density at radius 1 is 0.900 bits per heavy atom. The van der Waals surface area contributed by atoms with E-state index in [0.29, 0.717) is 0 Å². The first kappa shape index (κ1) is 10.5. The molecule has 62 valence electrons. The van der Waals surface area contributed by atoms with Crippen LogP contribution in [-0.2, 0) is 0 Å². The van der Waals surface area contributed by atoms with Gasteiger partial charge in [-0.15, -0.1) is 0 Å². The zero-order chi connectivity index (χ0) is 7.82. The average molecular weight is 203 g/mol. The summed E-state index contributed by atoms with van der Waals surface area (Å²) in [6.45, 7) is 4.60. The molecule has 0 aromatic carbocycles. The van der Waals surface area contributed by atoms with E-state index >= 15 is 0 Å². The molecule has 0 bridgehead atoms. The molecule has 0 atom stereocenters. The van der Waals surface area contributed by atoms with E-state index in [0.717, 1.165) is 0 Å². The molecule has 0 heterocycles. The molecule has 0 radical (unpaired) electrons. The third-order valence-electron chi connectivity index (χ3n) is 2.10. The van der Waals surface area contributed by atoms with Gasteiger partial charge < -0.3 is 0 Å². The number of hydrogen-bond donors (Lipinski definition) is 0. The molecule has 1 heteroatoms. The minimum absolute atomic E-state index is 0.661. The Hall–Kier alpha value is 0.543. The second-order valence-corrected chi connectivity index (χ2v) is 10.4. The van der Waals surface area contributed by atoms with Gasteiger partial charge in [0.1, 0.15) is 0 Å². The average Bonchev–Trinajstić information content (AvgIpc) is 1.97. The van der Waals surface area contributed by atoms with Gasteiger partial charge in [0.15, 0.2) is 0 Å². The van der Waals surface area contributed by atoms with Crippen molar-refractivity contribution in [2.45, 2.75) is 55.8 Å². The zero-order valence-electron chi connectivity index (χ0n) is 7.82. The summed E-state index contributed by atoms with van der Waals surface area (Å²) in [5.74, 6) is 2.57. The molecule has 0 aliphatic carbocycles. The van der Waals surface area contributed by atoms with Crippen LogP contribution in [0.1, 0.15) is 39.5 Å². The van der Waals surface area contributed by atoms with E-state index in [1.807, 2.05) is 0 Å². The summed E-state index contributed by atoms with van der Waals surface area (Å²) < 4.78 is 0. The van der Waals surface area contributed by atoms with Crippen LogP contribution in [0.15, 0.2) is 0 Å². The Morgan fingerprint density at radius 2 is 1.30 bits per heavy atom. The van der Waals surface area contributed by atoms with Gasteiger partial charge in [-0.05, 0) is 0 Å². The van der Waals surface area contributed by atoms with Gasteiger partial charge in [0.2, 0.25) is 0 Å². The molecule has 0 aromatic heterocycles. The molecule has 0 N–H and O–H groups in total. The first-order valence-corrected chi connectivity index (χ1v) is 10.7. The second-order valence-electron chi connectivity index (χ2n) is 3.39. The molecule has 0 unspecified atom stereocenters. The van der Waals surface area contributed by atoms with Crippen molar-refractivity contribution in [3.8, 4) is 0 Å². The number of rotatable bonds is 6. The summed E-state index contributed by atoms with van der Waals surface area (Å²) in [4.78, 5) is 0. The van der Waals surface area contributed by atoms with Crippen LogP contribution in [-0.4, -0.2) is 14.3 Å². The molecule has 0 fully saturated rings. The summed E-state index contributed by atoms with van der Waals surface area (Å²) >= 11 is -0.661. The Labute approximate surface area is 70.5 Å². The fourth-order valence-electron chi connectivity index (χ4n) is 1.25. The standard InChI is InChI=1S/C9H22Ge/c1-4-6-8-10(3)9-7-5-2/h10H,4-9H2,1-3H3. The van der Waals surface area contributed by atoms with Crippen molar-refractivity contribution in [3.05, 3.63) is 0 Å². The number of unbranched alkanes of at least 4 members (excludes halogenated alkanes) is 2. The first-order valence-electron chi connectivity index (χ1n) is 4.81. The second kappa shape index (κ2) is 7.65. The topological polar surface area (TPSA) is 0 Å². The molecule has 0 saturated heterocycles. The molecule has 0 aliphatic rings. The molecule has 0 nitrogen and oxygen atoms in total. The van der Waals surface area contributed by atoms with Crippen molar-refractivity contribution < 1.29 is 0 Å². The van der Waals surface area contributed by atoms with E-state index in [9.17, 15) is 0 Å².